The van der Waals surface area contributed by atoms with Gasteiger partial charge in [-0.15, -0.1) is 0 Å². The zero-order valence-electron chi connectivity index (χ0n) is 6.34. The van der Waals surface area contributed by atoms with Crippen molar-refractivity contribution in [1.29, 1.82) is 0 Å². The topological polar surface area (TPSA) is 28.7 Å². The van der Waals surface area contributed by atoms with Gasteiger partial charge < -0.3 is 0 Å². The molecule has 0 aliphatic heterocycles. The van der Waals surface area contributed by atoms with Gasteiger partial charge in [0.05, 0.1) is 11.7 Å². The van der Waals surface area contributed by atoms with Gasteiger partial charge in [-0.1, -0.05) is 28.6 Å². The number of fused-ring (bicyclic) bond motifs is 1. The molecule has 2 aromatic rings. The van der Waals surface area contributed by atoms with E-state index in [1.165, 1.54) is 0 Å². The van der Waals surface area contributed by atoms with E-state index in [1.54, 1.807) is 6.20 Å². The van der Waals surface area contributed by atoms with Crippen molar-refractivity contribution in [1.82, 2.24) is 10.2 Å². The fraction of sp³-hybridized carbons (Fsp3) is 0. The van der Waals surface area contributed by atoms with Gasteiger partial charge in [-0.2, -0.15) is 5.10 Å². The van der Waals surface area contributed by atoms with E-state index in [1.807, 2.05) is 18.2 Å². The number of rotatable bonds is 1. The molecule has 1 aromatic heterocycles. The molecule has 0 atom stereocenters. The molecule has 0 saturated carbocycles. The monoisotopic (exact) mass is 222 g/mol. The second kappa shape index (κ2) is 2.75. The molecule has 1 aromatic carbocycles. The number of H-pyrrole nitrogens is 1. The summed E-state index contributed by atoms with van der Waals surface area (Å²) >= 11 is 3.42. The van der Waals surface area contributed by atoms with Crippen LogP contribution in [0.4, 0.5) is 0 Å². The van der Waals surface area contributed by atoms with Gasteiger partial charge in [0.15, 0.2) is 0 Å². The van der Waals surface area contributed by atoms with E-state index in [2.05, 4.69) is 32.7 Å². The highest BCUT2D eigenvalue weighted by molar-refractivity contribution is 9.10. The van der Waals surface area contributed by atoms with Crippen molar-refractivity contribution in [3.05, 3.63) is 34.9 Å². The molecule has 0 aliphatic carbocycles. The van der Waals surface area contributed by atoms with Crippen LogP contribution >= 0.6 is 15.9 Å². The minimum Gasteiger partial charge on any atom is -0.277 e. The number of hydrogen-bond acceptors (Lipinski definition) is 1. The van der Waals surface area contributed by atoms with E-state index in [4.69, 9.17) is 0 Å². The highest BCUT2D eigenvalue weighted by Crippen LogP contribution is 2.22. The molecule has 1 N–H and O–H groups in total. The summed E-state index contributed by atoms with van der Waals surface area (Å²) in [7, 11) is 0. The van der Waals surface area contributed by atoms with Crippen molar-refractivity contribution in [2.75, 3.05) is 0 Å². The maximum atomic E-state index is 3.96. The predicted molar refractivity (Wildman–Crippen MR) is 53.9 cm³/mol. The summed E-state index contributed by atoms with van der Waals surface area (Å²) in [6, 6.07) is 4.03. The van der Waals surface area contributed by atoms with Crippen molar-refractivity contribution >= 4 is 32.9 Å². The first-order chi connectivity index (χ1) is 5.81. The number of nitrogens with zero attached hydrogens (tertiary/aromatic N) is 1. The Morgan fingerprint density at radius 1 is 1.50 bits per heavy atom. The van der Waals surface area contributed by atoms with Crippen LogP contribution in [0, 0.1) is 0 Å². The third-order valence-corrected chi connectivity index (χ3v) is 2.22. The van der Waals surface area contributed by atoms with Crippen molar-refractivity contribution in [2.45, 2.75) is 0 Å². The first-order valence-electron chi connectivity index (χ1n) is 3.56. The molecule has 1 heterocycles. The molecule has 0 radical (unpaired) electrons. The van der Waals surface area contributed by atoms with E-state index in [9.17, 15) is 0 Å². The maximum absolute atomic E-state index is 3.96. The first kappa shape index (κ1) is 7.55. The molecule has 0 amide bonds. The van der Waals surface area contributed by atoms with Crippen LogP contribution in [0.1, 0.15) is 5.56 Å². The van der Waals surface area contributed by atoms with Crippen LogP contribution in [0.25, 0.3) is 17.0 Å². The van der Waals surface area contributed by atoms with Crippen molar-refractivity contribution in [3.63, 3.8) is 0 Å². The fourth-order valence-corrected chi connectivity index (χ4v) is 1.70. The third-order valence-electron chi connectivity index (χ3n) is 1.76. The van der Waals surface area contributed by atoms with Gasteiger partial charge in [-0.25, -0.2) is 0 Å². The quantitative estimate of drug-likeness (QED) is 0.790. The Kier molecular flexibility index (Phi) is 1.73. The van der Waals surface area contributed by atoms with Crippen molar-refractivity contribution < 1.29 is 0 Å². The Hall–Kier alpha value is -1.09. The maximum Gasteiger partial charge on any atom is 0.0723 e. The van der Waals surface area contributed by atoms with Crippen molar-refractivity contribution in [2.24, 2.45) is 0 Å². The molecule has 2 rings (SSSR count). The van der Waals surface area contributed by atoms with Crippen LogP contribution < -0.4 is 0 Å². The number of aromatic amines is 1. The largest absolute Gasteiger partial charge is 0.277 e. The van der Waals surface area contributed by atoms with Gasteiger partial charge in [0.25, 0.3) is 0 Å². The predicted octanol–water partition coefficient (Wildman–Crippen LogP) is 2.97. The SMILES string of the molecule is C=Cc1cc(Br)cc2cn[nH]c12. The zero-order valence-corrected chi connectivity index (χ0v) is 7.93. The lowest BCUT2D eigenvalue weighted by molar-refractivity contribution is 1.12. The number of benzene rings is 1. The van der Waals surface area contributed by atoms with Crippen LogP contribution in [0.2, 0.25) is 0 Å². The molecule has 3 heteroatoms. The van der Waals surface area contributed by atoms with Gasteiger partial charge in [0.1, 0.15) is 0 Å². The van der Waals surface area contributed by atoms with Crippen LogP contribution in [0.5, 0.6) is 0 Å². The van der Waals surface area contributed by atoms with E-state index < -0.39 is 0 Å². The fourth-order valence-electron chi connectivity index (χ4n) is 1.21. The number of nitrogens with one attached hydrogen (secondary N) is 1. The lowest BCUT2D eigenvalue weighted by atomic mass is 10.1. The molecule has 0 spiro atoms. The standard InChI is InChI=1S/C9H7BrN2/c1-2-6-3-8(10)4-7-5-11-12-9(6)7/h2-5H,1H2,(H,11,12). The van der Waals surface area contributed by atoms with Crippen molar-refractivity contribution in [3.8, 4) is 0 Å². The average Bonchev–Trinajstić information content (AvgIpc) is 2.50. The number of aromatic nitrogens is 2. The molecular formula is C9H7BrN2. The van der Waals surface area contributed by atoms with Gasteiger partial charge in [0.2, 0.25) is 0 Å². The van der Waals surface area contributed by atoms with E-state index in [0.717, 1.165) is 20.9 Å². The molecule has 0 saturated heterocycles. The molecule has 0 fully saturated rings. The van der Waals surface area contributed by atoms with Crippen LogP contribution in [-0.2, 0) is 0 Å². The Morgan fingerprint density at radius 2 is 2.33 bits per heavy atom. The smallest absolute Gasteiger partial charge is 0.0723 e. The average molecular weight is 223 g/mol. The summed E-state index contributed by atoms with van der Waals surface area (Å²) in [6.45, 7) is 3.73. The summed E-state index contributed by atoms with van der Waals surface area (Å²) < 4.78 is 1.05. The van der Waals surface area contributed by atoms with Gasteiger partial charge in [0, 0.05) is 15.4 Å². The van der Waals surface area contributed by atoms with Crippen LogP contribution in [0.3, 0.4) is 0 Å². The highest BCUT2D eigenvalue weighted by atomic mass is 79.9. The van der Waals surface area contributed by atoms with Gasteiger partial charge in [-0.05, 0) is 12.1 Å². The second-order valence-corrected chi connectivity index (χ2v) is 3.45. The Balaban J connectivity index is 2.88. The highest BCUT2D eigenvalue weighted by Gasteiger charge is 2.00. The molecule has 0 aliphatic rings. The zero-order chi connectivity index (χ0) is 8.55. The molecular weight excluding hydrogens is 216 g/mol. The molecule has 0 bridgehead atoms. The minimum absolute atomic E-state index is 1.04. The molecule has 60 valence electrons. The summed E-state index contributed by atoms with van der Waals surface area (Å²) in [5.41, 5.74) is 2.10. The Morgan fingerprint density at radius 3 is 3.08 bits per heavy atom. The lowest BCUT2D eigenvalue weighted by Gasteiger charge is -1.96. The third kappa shape index (κ3) is 1.06. The first-order valence-corrected chi connectivity index (χ1v) is 4.35. The summed E-state index contributed by atoms with van der Waals surface area (Å²) in [5.74, 6) is 0. The van der Waals surface area contributed by atoms with Crippen LogP contribution in [-0.4, -0.2) is 10.2 Å². The summed E-state index contributed by atoms with van der Waals surface area (Å²) in [6.07, 6.45) is 3.61. The summed E-state index contributed by atoms with van der Waals surface area (Å²) in [5, 5.41) is 7.98. The van der Waals surface area contributed by atoms with E-state index in [-0.39, 0.29) is 0 Å². The Bertz CT molecular complexity index is 431. The Labute approximate surface area is 78.4 Å². The summed E-state index contributed by atoms with van der Waals surface area (Å²) in [4.78, 5) is 0. The van der Waals surface area contributed by atoms with E-state index in [0.29, 0.717) is 0 Å². The number of halogens is 1. The molecule has 12 heavy (non-hydrogen) atoms. The second-order valence-electron chi connectivity index (χ2n) is 2.53. The van der Waals surface area contributed by atoms with Gasteiger partial charge in [-0.3, -0.25) is 5.10 Å². The lowest BCUT2D eigenvalue weighted by Crippen LogP contribution is -1.76. The van der Waals surface area contributed by atoms with E-state index >= 15 is 0 Å². The van der Waals surface area contributed by atoms with Crippen LogP contribution in [0.15, 0.2) is 29.4 Å². The molecule has 0 unspecified atom stereocenters. The molecule has 2 nitrogen and oxygen atoms in total. The normalized spacial score (nSPS) is 10.4. The van der Waals surface area contributed by atoms with Gasteiger partial charge >= 0.3 is 0 Å². The number of hydrogen-bond donors (Lipinski definition) is 1. The minimum atomic E-state index is 1.04.